The van der Waals surface area contributed by atoms with Gasteiger partial charge in [-0.2, -0.15) is 0 Å². The highest BCUT2D eigenvalue weighted by molar-refractivity contribution is 8.14. The number of pyridine rings is 1. The van der Waals surface area contributed by atoms with E-state index in [-0.39, 0.29) is 11.5 Å². The number of thioether (sulfide) groups is 1. The molecule has 1 saturated heterocycles. The fraction of sp³-hybridized carbons (Fsp3) is 0.500. The second-order valence-electron chi connectivity index (χ2n) is 7.57. The van der Waals surface area contributed by atoms with Crippen LogP contribution in [0.4, 0.5) is 0 Å². The molecule has 2 aliphatic rings. The molecule has 0 aromatic carbocycles. The average molecular weight is 411 g/mol. The molecule has 27 heavy (non-hydrogen) atoms. The Morgan fingerprint density at radius 3 is 2.48 bits per heavy atom. The summed E-state index contributed by atoms with van der Waals surface area (Å²) in [6, 6.07) is 5.22. The fourth-order valence-electron chi connectivity index (χ4n) is 3.21. The Morgan fingerprint density at radius 2 is 1.96 bits per heavy atom. The number of carbonyl (C=O) groups excluding carboxylic acids is 2. The number of sulfone groups is 1. The van der Waals surface area contributed by atoms with Gasteiger partial charge in [0.1, 0.15) is 4.58 Å². The molecule has 7 nitrogen and oxygen atoms in total. The van der Waals surface area contributed by atoms with Crippen molar-refractivity contribution in [3.05, 3.63) is 35.7 Å². The van der Waals surface area contributed by atoms with Crippen molar-refractivity contribution in [3.8, 4) is 0 Å². The van der Waals surface area contributed by atoms with Gasteiger partial charge in [-0.1, -0.05) is 38.6 Å². The summed E-state index contributed by atoms with van der Waals surface area (Å²) in [7, 11) is -2.53. The Bertz CT molecular complexity index is 919. The number of rotatable bonds is 4. The lowest BCUT2D eigenvalue weighted by atomic mass is 9.86. The molecule has 146 valence electrons. The second-order valence-corrected chi connectivity index (χ2v) is 11.1. The third-order valence-electron chi connectivity index (χ3n) is 4.61. The van der Waals surface area contributed by atoms with Crippen LogP contribution in [0.1, 0.15) is 27.7 Å². The van der Waals surface area contributed by atoms with E-state index in [0.29, 0.717) is 10.6 Å². The molecule has 3 atom stereocenters. The summed E-state index contributed by atoms with van der Waals surface area (Å²) in [5.41, 5.74) is -0.250. The first-order chi connectivity index (χ1) is 12.5. The summed E-state index contributed by atoms with van der Waals surface area (Å²) < 4.78 is 30.6. The maximum absolute atomic E-state index is 13.3. The Labute approximate surface area is 163 Å². The highest BCUT2D eigenvalue weighted by Gasteiger charge is 2.63. The van der Waals surface area contributed by atoms with Crippen LogP contribution in [0.2, 0.25) is 0 Å². The van der Waals surface area contributed by atoms with Gasteiger partial charge in [-0.05, 0) is 24.6 Å². The number of β-lactam (4-membered cyclic amide) rings is 1. The number of Topliss-reactive ketones (excluding diaryl/α,β-unsaturated/α-hetero) is 1. The van der Waals surface area contributed by atoms with E-state index in [9.17, 15) is 18.0 Å². The predicted octanol–water partition coefficient (Wildman–Crippen LogP) is 2.00. The molecule has 1 amide bonds. The molecule has 1 aromatic heterocycles. The minimum atomic E-state index is -3.83. The number of amides is 1. The molecule has 1 fully saturated rings. The van der Waals surface area contributed by atoms with Crippen molar-refractivity contribution in [2.75, 3.05) is 7.11 Å². The van der Waals surface area contributed by atoms with Crippen molar-refractivity contribution in [1.82, 2.24) is 9.88 Å². The average Bonchev–Trinajstić information content (AvgIpc) is 2.59. The van der Waals surface area contributed by atoms with Gasteiger partial charge in [-0.25, -0.2) is 13.4 Å². The summed E-state index contributed by atoms with van der Waals surface area (Å²) in [5, 5.41) is -0.665. The zero-order valence-electron chi connectivity index (χ0n) is 15.8. The lowest BCUT2D eigenvalue weighted by molar-refractivity contribution is -0.161. The maximum Gasteiger partial charge on any atom is 0.260 e. The molecule has 0 aliphatic carbocycles. The first kappa shape index (κ1) is 20.0. The third kappa shape index (κ3) is 3.11. The molecule has 0 N–H and O–H groups in total. The molecule has 0 radical (unpaired) electrons. The molecule has 1 aromatic rings. The van der Waals surface area contributed by atoms with Gasteiger partial charge in [0, 0.05) is 18.7 Å². The predicted molar refractivity (Wildman–Crippen MR) is 101 cm³/mol. The summed E-state index contributed by atoms with van der Waals surface area (Å²) in [6.07, 6.45) is 0.479. The van der Waals surface area contributed by atoms with Crippen LogP contribution < -0.4 is 0 Å². The lowest BCUT2D eigenvalue weighted by Gasteiger charge is -2.51. The van der Waals surface area contributed by atoms with E-state index in [0.717, 1.165) is 16.7 Å². The van der Waals surface area contributed by atoms with Crippen molar-refractivity contribution in [3.63, 3.8) is 0 Å². The largest absolute Gasteiger partial charge is 0.368 e. The quantitative estimate of drug-likeness (QED) is 0.701. The van der Waals surface area contributed by atoms with Crippen molar-refractivity contribution in [1.29, 1.82) is 0 Å². The van der Waals surface area contributed by atoms with Crippen molar-refractivity contribution >= 4 is 33.3 Å². The van der Waals surface area contributed by atoms with E-state index in [1.54, 1.807) is 52.1 Å². The van der Waals surface area contributed by atoms with Crippen LogP contribution >= 0.6 is 11.8 Å². The van der Waals surface area contributed by atoms with E-state index >= 15 is 0 Å². The Hall–Kier alpha value is -1.71. The van der Waals surface area contributed by atoms with E-state index in [4.69, 9.17) is 4.74 Å². The Kier molecular flexibility index (Phi) is 4.98. The van der Waals surface area contributed by atoms with Crippen molar-refractivity contribution in [2.24, 2.45) is 5.41 Å². The standard InChI is InChI=1S/C18H22N2O5S2/c1-10-12(14(21)18(2,3)4)20-15(22)13(25-5)16(20)27(23,24)17(10)26-11-8-6-7-9-19-11/h6-9,13,16-17H,1-5H3/t13-,16-,17?/m0/s1. The van der Waals surface area contributed by atoms with Crippen LogP contribution in [-0.4, -0.2) is 53.2 Å². The SMILES string of the molecule is CO[C@H]1C(=O)N2C(C(=O)C(C)(C)C)=C(C)C(Sc3ccccn3)S(=O)(=O)[C@@H]12. The summed E-state index contributed by atoms with van der Waals surface area (Å²) in [6.45, 7) is 6.83. The number of nitrogens with zero attached hydrogens (tertiary/aromatic N) is 2. The van der Waals surface area contributed by atoms with Gasteiger partial charge >= 0.3 is 0 Å². The van der Waals surface area contributed by atoms with E-state index in [2.05, 4.69) is 4.98 Å². The maximum atomic E-state index is 13.3. The number of methoxy groups -OCH3 is 1. The van der Waals surface area contributed by atoms with Crippen LogP contribution in [0.3, 0.4) is 0 Å². The van der Waals surface area contributed by atoms with Gasteiger partial charge in [0.15, 0.2) is 27.1 Å². The van der Waals surface area contributed by atoms with Crippen LogP contribution in [0.15, 0.2) is 40.7 Å². The normalized spacial score (nSPS) is 27.2. The van der Waals surface area contributed by atoms with Crippen molar-refractivity contribution < 1.29 is 22.7 Å². The lowest BCUT2D eigenvalue weighted by Crippen LogP contribution is -2.71. The number of carbonyl (C=O) groups is 2. The number of aromatic nitrogens is 1. The van der Waals surface area contributed by atoms with Gasteiger partial charge < -0.3 is 4.74 Å². The highest BCUT2D eigenvalue weighted by atomic mass is 32.3. The molecular weight excluding hydrogens is 388 g/mol. The summed E-state index contributed by atoms with van der Waals surface area (Å²) >= 11 is 1.06. The Morgan fingerprint density at radius 1 is 1.30 bits per heavy atom. The van der Waals surface area contributed by atoms with Gasteiger partial charge in [0.2, 0.25) is 0 Å². The number of hydrogen-bond acceptors (Lipinski definition) is 7. The number of hydrogen-bond donors (Lipinski definition) is 0. The second kappa shape index (κ2) is 6.72. The van der Waals surface area contributed by atoms with Gasteiger partial charge in [-0.3, -0.25) is 14.5 Å². The summed E-state index contributed by atoms with van der Waals surface area (Å²) in [4.78, 5) is 30.8. The van der Waals surface area contributed by atoms with Gasteiger partial charge in [-0.15, -0.1) is 0 Å². The first-order valence-electron chi connectivity index (χ1n) is 8.43. The van der Waals surface area contributed by atoms with E-state index in [1.807, 2.05) is 0 Å². The topological polar surface area (TPSA) is 93.6 Å². The Balaban J connectivity index is 2.16. The minimum absolute atomic E-state index is 0.161. The highest BCUT2D eigenvalue weighted by Crippen LogP contribution is 2.47. The van der Waals surface area contributed by atoms with Crippen LogP contribution in [-0.2, 0) is 24.2 Å². The number of allylic oxidation sites excluding steroid dienone is 1. The van der Waals surface area contributed by atoms with Gasteiger partial charge in [0.25, 0.3) is 5.91 Å². The zero-order valence-corrected chi connectivity index (χ0v) is 17.4. The monoisotopic (exact) mass is 410 g/mol. The number of ether oxygens (including phenoxy) is 1. The zero-order chi connectivity index (χ0) is 20.1. The molecular formula is C18H22N2O5S2. The molecule has 1 unspecified atom stereocenters. The van der Waals surface area contributed by atoms with Crippen LogP contribution in [0.25, 0.3) is 0 Å². The molecule has 0 spiro atoms. The minimum Gasteiger partial charge on any atom is -0.368 e. The molecule has 0 saturated carbocycles. The van der Waals surface area contributed by atoms with Crippen LogP contribution in [0, 0.1) is 5.41 Å². The molecule has 3 rings (SSSR count). The third-order valence-corrected chi connectivity index (χ3v) is 8.84. The van der Waals surface area contributed by atoms with Gasteiger partial charge in [0.05, 0.1) is 10.7 Å². The molecule has 2 aliphatic heterocycles. The van der Waals surface area contributed by atoms with E-state index in [1.165, 1.54) is 7.11 Å². The smallest absolute Gasteiger partial charge is 0.260 e. The molecule has 9 heteroatoms. The van der Waals surface area contributed by atoms with Crippen LogP contribution in [0.5, 0.6) is 0 Å². The van der Waals surface area contributed by atoms with Crippen molar-refractivity contribution in [2.45, 2.75) is 48.8 Å². The number of fused-ring (bicyclic) bond motifs is 1. The number of ketones is 1. The summed E-state index contributed by atoms with van der Waals surface area (Å²) in [5.74, 6) is -0.770. The molecule has 3 heterocycles. The fourth-order valence-corrected chi connectivity index (χ4v) is 7.11. The first-order valence-corrected chi connectivity index (χ1v) is 10.9. The molecule has 0 bridgehead atoms. The van der Waals surface area contributed by atoms with E-state index < -0.39 is 37.2 Å².